The predicted octanol–water partition coefficient (Wildman–Crippen LogP) is 3.26. The minimum Gasteiger partial charge on any atom is -0.496 e. The third-order valence-electron chi connectivity index (χ3n) is 4.36. The van der Waals surface area contributed by atoms with Gasteiger partial charge in [0.2, 0.25) is 0 Å². The molecular weight excluding hydrogens is 435 g/mol. The zero-order valence-electron chi connectivity index (χ0n) is 15.2. The number of amides is 1. The second-order valence-electron chi connectivity index (χ2n) is 7.40. The number of rotatable bonds is 1. The molecule has 0 aromatic heterocycles. The van der Waals surface area contributed by atoms with Crippen molar-refractivity contribution in [3.63, 3.8) is 0 Å². The van der Waals surface area contributed by atoms with Gasteiger partial charge in [-0.3, -0.25) is 0 Å². The van der Waals surface area contributed by atoms with Crippen LogP contribution in [0.4, 0.5) is 10.5 Å². The number of carbonyl (C=O) groups excluding carboxylic acids is 1. The van der Waals surface area contributed by atoms with Crippen molar-refractivity contribution in [1.82, 2.24) is 4.90 Å². The van der Waals surface area contributed by atoms with Gasteiger partial charge >= 0.3 is 6.09 Å². The monoisotopic (exact) mass is 460 g/mol. The van der Waals surface area contributed by atoms with Gasteiger partial charge in [0.1, 0.15) is 11.4 Å². The van der Waals surface area contributed by atoms with Crippen LogP contribution in [0.1, 0.15) is 26.3 Å². The summed E-state index contributed by atoms with van der Waals surface area (Å²) in [6.07, 6.45) is -0.253. The van der Waals surface area contributed by atoms with E-state index in [1.54, 1.807) is 12.0 Å². The molecule has 0 unspecified atom stereocenters. The van der Waals surface area contributed by atoms with Crippen LogP contribution < -0.4 is 9.64 Å². The molecule has 1 amide bonds. The van der Waals surface area contributed by atoms with Gasteiger partial charge in [0.05, 0.1) is 29.9 Å². The number of piperazine rings is 1. The Morgan fingerprint density at radius 1 is 1.32 bits per heavy atom. The Morgan fingerprint density at radius 2 is 2.08 bits per heavy atom. The molecule has 0 aliphatic carbocycles. The predicted molar refractivity (Wildman–Crippen MR) is 104 cm³/mol. The summed E-state index contributed by atoms with van der Waals surface area (Å²) in [5.41, 5.74) is 1.83. The number of anilines is 1. The molecule has 7 heteroatoms. The van der Waals surface area contributed by atoms with E-state index in [-0.39, 0.29) is 12.1 Å². The van der Waals surface area contributed by atoms with Gasteiger partial charge in [-0.05, 0) is 49.4 Å². The molecule has 138 valence electrons. The average Bonchev–Trinajstić information content (AvgIpc) is 2.70. The normalized spacial score (nSPS) is 20.4. The molecule has 1 aromatic carbocycles. The second kappa shape index (κ2) is 7.19. The fraction of sp³-hybridized carbons (Fsp3) is 0.611. The van der Waals surface area contributed by atoms with Crippen LogP contribution in [-0.2, 0) is 16.1 Å². The lowest BCUT2D eigenvalue weighted by Gasteiger charge is -2.42. The number of benzene rings is 1. The van der Waals surface area contributed by atoms with Crippen molar-refractivity contribution in [3.05, 3.63) is 21.3 Å². The molecule has 25 heavy (non-hydrogen) atoms. The van der Waals surface area contributed by atoms with Gasteiger partial charge in [-0.2, -0.15) is 0 Å². The third-order valence-corrected chi connectivity index (χ3v) is 5.21. The molecule has 0 spiro atoms. The fourth-order valence-corrected chi connectivity index (χ4v) is 3.99. The van der Waals surface area contributed by atoms with E-state index in [9.17, 15) is 4.79 Å². The maximum Gasteiger partial charge on any atom is 0.410 e. The maximum atomic E-state index is 12.4. The first-order chi connectivity index (χ1) is 11.8. The van der Waals surface area contributed by atoms with Gasteiger partial charge in [0.15, 0.2) is 0 Å². The minimum absolute atomic E-state index is 0.118. The van der Waals surface area contributed by atoms with Crippen LogP contribution in [0, 0.1) is 3.57 Å². The molecule has 0 saturated carbocycles. The number of hydrogen-bond acceptors (Lipinski definition) is 5. The molecule has 1 saturated heterocycles. The van der Waals surface area contributed by atoms with Crippen molar-refractivity contribution >= 4 is 34.4 Å². The van der Waals surface area contributed by atoms with Crippen molar-refractivity contribution in [2.45, 2.75) is 39.0 Å². The lowest BCUT2D eigenvalue weighted by atomic mass is 10.1. The second-order valence-corrected chi connectivity index (χ2v) is 8.57. The van der Waals surface area contributed by atoms with Crippen LogP contribution in [0.15, 0.2) is 12.1 Å². The van der Waals surface area contributed by atoms with Gasteiger partial charge in [-0.15, -0.1) is 0 Å². The summed E-state index contributed by atoms with van der Waals surface area (Å²) in [7, 11) is 1.69. The van der Waals surface area contributed by atoms with Gasteiger partial charge in [0, 0.05) is 37.0 Å². The first kappa shape index (κ1) is 18.6. The summed E-state index contributed by atoms with van der Waals surface area (Å²) in [5.74, 6) is 0.870. The molecular formula is C18H25IN2O4. The smallest absolute Gasteiger partial charge is 0.410 e. The van der Waals surface area contributed by atoms with Crippen LogP contribution in [0.5, 0.6) is 5.75 Å². The largest absolute Gasteiger partial charge is 0.496 e. The highest BCUT2D eigenvalue weighted by atomic mass is 127. The van der Waals surface area contributed by atoms with Crippen molar-refractivity contribution in [1.29, 1.82) is 0 Å². The van der Waals surface area contributed by atoms with Gasteiger partial charge in [-0.25, -0.2) is 4.79 Å². The Kier molecular flexibility index (Phi) is 5.34. The summed E-state index contributed by atoms with van der Waals surface area (Å²) in [6, 6.07) is 4.33. The number of hydrogen-bond donors (Lipinski definition) is 0. The molecule has 6 nitrogen and oxygen atoms in total. The molecule has 0 radical (unpaired) electrons. The number of nitrogens with zero attached hydrogens (tertiary/aromatic N) is 2. The van der Waals surface area contributed by atoms with E-state index < -0.39 is 5.60 Å². The van der Waals surface area contributed by atoms with Crippen LogP contribution in [0.25, 0.3) is 0 Å². The van der Waals surface area contributed by atoms with Crippen molar-refractivity contribution in [2.75, 3.05) is 38.3 Å². The Bertz CT molecular complexity index is 659. The van der Waals surface area contributed by atoms with Gasteiger partial charge in [0.25, 0.3) is 0 Å². The van der Waals surface area contributed by atoms with E-state index in [4.69, 9.17) is 14.2 Å². The Morgan fingerprint density at radius 3 is 2.76 bits per heavy atom. The highest BCUT2D eigenvalue weighted by molar-refractivity contribution is 14.1. The third kappa shape index (κ3) is 4.13. The molecule has 2 aliphatic rings. The van der Waals surface area contributed by atoms with Gasteiger partial charge in [-0.1, -0.05) is 0 Å². The molecule has 2 aliphatic heterocycles. The minimum atomic E-state index is -0.481. The molecule has 1 aromatic rings. The van der Waals surface area contributed by atoms with E-state index >= 15 is 0 Å². The molecule has 2 heterocycles. The fourth-order valence-electron chi connectivity index (χ4n) is 3.24. The van der Waals surface area contributed by atoms with E-state index in [2.05, 4.69) is 39.6 Å². The van der Waals surface area contributed by atoms with Crippen LogP contribution in [0.3, 0.4) is 0 Å². The molecule has 1 atom stereocenters. The Hall–Kier alpha value is -1.22. The number of methoxy groups -OCH3 is 1. The number of fused-ring (bicyclic) bond motifs is 3. The zero-order chi connectivity index (χ0) is 18.2. The number of halogens is 1. The summed E-state index contributed by atoms with van der Waals surface area (Å²) in [5, 5.41) is 0. The number of ether oxygens (including phenoxy) is 3. The van der Waals surface area contributed by atoms with Crippen LogP contribution in [-0.4, -0.2) is 56.0 Å². The van der Waals surface area contributed by atoms with Gasteiger partial charge < -0.3 is 24.0 Å². The summed E-state index contributed by atoms with van der Waals surface area (Å²) in [4.78, 5) is 16.5. The Labute approximate surface area is 162 Å². The highest BCUT2D eigenvalue weighted by Gasteiger charge is 2.34. The first-order valence-corrected chi connectivity index (χ1v) is 9.55. The lowest BCUT2D eigenvalue weighted by Crippen LogP contribution is -2.56. The van der Waals surface area contributed by atoms with Crippen LogP contribution >= 0.6 is 22.6 Å². The van der Waals surface area contributed by atoms with Crippen molar-refractivity contribution in [2.24, 2.45) is 0 Å². The quantitative estimate of drug-likeness (QED) is 0.603. The van der Waals surface area contributed by atoms with Crippen molar-refractivity contribution in [3.8, 4) is 5.75 Å². The molecule has 0 N–H and O–H groups in total. The van der Waals surface area contributed by atoms with Crippen molar-refractivity contribution < 1.29 is 19.0 Å². The first-order valence-electron chi connectivity index (χ1n) is 8.47. The highest BCUT2D eigenvalue weighted by Crippen LogP contribution is 2.35. The lowest BCUT2D eigenvalue weighted by molar-refractivity contribution is 0.0172. The number of carbonyl (C=O) groups is 1. The Balaban J connectivity index is 1.80. The topological polar surface area (TPSA) is 51.2 Å². The SMILES string of the molecule is COc1cc2c(cc1I)COC[C@H]1CN(C(=O)OC(C)(C)C)CCN21. The summed E-state index contributed by atoms with van der Waals surface area (Å²) in [6.45, 7) is 8.83. The van der Waals surface area contributed by atoms with E-state index in [0.29, 0.717) is 26.3 Å². The van der Waals surface area contributed by atoms with E-state index in [1.807, 2.05) is 20.8 Å². The standard InChI is InChI=1S/C18H25IN2O4/c1-18(2,3)25-17(22)20-5-6-21-13(9-20)11-24-10-12-7-14(19)16(23-4)8-15(12)21/h7-8,13H,5-6,9-11H2,1-4H3/t13-/m1/s1. The average molecular weight is 460 g/mol. The maximum absolute atomic E-state index is 12.4. The summed E-state index contributed by atoms with van der Waals surface area (Å²) >= 11 is 2.28. The molecule has 3 rings (SSSR count). The molecule has 0 bridgehead atoms. The summed E-state index contributed by atoms with van der Waals surface area (Å²) < 4.78 is 18.0. The van der Waals surface area contributed by atoms with E-state index in [0.717, 1.165) is 21.6 Å². The van der Waals surface area contributed by atoms with Crippen LogP contribution in [0.2, 0.25) is 0 Å². The zero-order valence-corrected chi connectivity index (χ0v) is 17.3. The molecule has 1 fully saturated rings. The van der Waals surface area contributed by atoms with E-state index in [1.165, 1.54) is 5.56 Å².